The molecule has 2 aromatic carbocycles. The number of thioether (sulfide) groups is 1. The minimum absolute atomic E-state index is 0.0731. The minimum atomic E-state index is -4.52. The molecule has 0 N–H and O–H groups in total. The Morgan fingerprint density at radius 2 is 1.94 bits per heavy atom. The second-order valence-corrected chi connectivity index (χ2v) is 7.98. The first kappa shape index (κ1) is 22.9. The monoisotopic (exact) mass is 465 g/mol. The maximum Gasteiger partial charge on any atom is 0.416 e. The highest BCUT2D eigenvalue weighted by molar-refractivity contribution is 8.27. The van der Waals surface area contributed by atoms with Crippen LogP contribution in [0.5, 0.6) is 11.5 Å². The Hall–Kier alpha value is -2.78. The summed E-state index contributed by atoms with van der Waals surface area (Å²) in [5.74, 6) is 0.557. The number of rotatable bonds is 7. The highest BCUT2D eigenvalue weighted by atomic mass is 32.2. The fraction of sp³-hybridized carbons (Fsp3) is 0.182. The lowest BCUT2D eigenvalue weighted by Gasteiger charge is -2.16. The van der Waals surface area contributed by atoms with Gasteiger partial charge in [0, 0.05) is 0 Å². The maximum absolute atomic E-state index is 13.0. The molecule has 2 aromatic rings. The summed E-state index contributed by atoms with van der Waals surface area (Å²) in [6.07, 6.45) is -1.28. The molecule has 9 heteroatoms. The van der Waals surface area contributed by atoms with Crippen molar-refractivity contribution in [2.45, 2.75) is 13.1 Å². The second-order valence-electron chi connectivity index (χ2n) is 6.30. The predicted octanol–water partition coefficient (Wildman–Crippen LogP) is 6.07. The van der Waals surface area contributed by atoms with Gasteiger partial charge in [-0.2, -0.15) is 13.2 Å². The van der Waals surface area contributed by atoms with E-state index in [1.807, 2.05) is 6.92 Å². The van der Waals surface area contributed by atoms with E-state index in [-0.39, 0.29) is 10.0 Å². The lowest BCUT2D eigenvalue weighted by molar-refractivity contribution is -0.137. The molecule has 31 heavy (non-hydrogen) atoms. The Morgan fingerprint density at radius 3 is 2.61 bits per heavy atom. The van der Waals surface area contributed by atoms with Gasteiger partial charge in [0.1, 0.15) is 6.61 Å². The number of thiocarbonyl (C=S) groups is 1. The summed E-state index contributed by atoms with van der Waals surface area (Å²) in [6, 6.07) is 9.71. The number of hydrogen-bond donors (Lipinski definition) is 0. The van der Waals surface area contributed by atoms with Crippen molar-refractivity contribution in [3.05, 3.63) is 71.2 Å². The quantitative estimate of drug-likeness (QED) is 0.282. The van der Waals surface area contributed by atoms with Crippen LogP contribution in [0.3, 0.4) is 0 Å². The van der Waals surface area contributed by atoms with E-state index in [1.165, 1.54) is 12.1 Å². The summed E-state index contributed by atoms with van der Waals surface area (Å²) in [5.41, 5.74) is -0.109. The van der Waals surface area contributed by atoms with Crippen LogP contribution in [-0.2, 0) is 11.0 Å². The van der Waals surface area contributed by atoms with Gasteiger partial charge < -0.3 is 9.47 Å². The molecule has 0 saturated carbocycles. The number of amides is 1. The minimum Gasteiger partial charge on any atom is -0.490 e. The van der Waals surface area contributed by atoms with Gasteiger partial charge in [-0.15, -0.1) is 0 Å². The molecule has 0 radical (unpaired) electrons. The van der Waals surface area contributed by atoms with Gasteiger partial charge in [-0.3, -0.25) is 9.69 Å². The number of hydrogen-bond acceptors (Lipinski definition) is 5. The van der Waals surface area contributed by atoms with Gasteiger partial charge in [-0.25, -0.2) is 0 Å². The third-order valence-electron chi connectivity index (χ3n) is 4.15. The molecule has 1 saturated heterocycles. The van der Waals surface area contributed by atoms with Crippen LogP contribution in [0, 0.1) is 0 Å². The maximum atomic E-state index is 13.0. The summed E-state index contributed by atoms with van der Waals surface area (Å²) in [6.45, 7) is 6.18. The molecule has 1 fully saturated rings. The van der Waals surface area contributed by atoms with Crippen molar-refractivity contribution < 1.29 is 27.4 Å². The molecule has 0 aliphatic carbocycles. The van der Waals surface area contributed by atoms with E-state index in [9.17, 15) is 18.0 Å². The number of halogens is 3. The summed E-state index contributed by atoms with van der Waals surface area (Å²) >= 11 is 6.28. The molecule has 0 aromatic heterocycles. The normalized spacial score (nSPS) is 15.5. The molecule has 3 rings (SSSR count). The van der Waals surface area contributed by atoms with Crippen molar-refractivity contribution in [2.24, 2.45) is 0 Å². The van der Waals surface area contributed by atoms with Crippen molar-refractivity contribution in [3.8, 4) is 11.5 Å². The Labute approximate surface area is 187 Å². The fourth-order valence-electron chi connectivity index (χ4n) is 2.81. The van der Waals surface area contributed by atoms with Crippen LogP contribution in [0.25, 0.3) is 6.08 Å². The molecule has 1 aliphatic rings. The summed E-state index contributed by atoms with van der Waals surface area (Å²) in [5, 5.41) is 0. The van der Waals surface area contributed by atoms with Crippen LogP contribution in [0.4, 0.5) is 18.9 Å². The molecule has 1 amide bonds. The van der Waals surface area contributed by atoms with E-state index >= 15 is 0 Å². The standard InChI is InChI=1S/C22H18F3NO3S2/c1-3-10-29-17-9-8-14(11-18(17)28-4-2)12-19-20(27)26(21(30)31-19)16-7-5-6-15(13-16)22(23,24)25/h3,5-9,11-13H,1,4,10H2,2H3. The smallest absolute Gasteiger partial charge is 0.416 e. The van der Waals surface area contributed by atoms with Crippen molar-refractivity contribution in [3.63, 3.8) is 0 Å². The summed E-state index contributed by atoms with van der Waals surface area (Å²) in [7, 11) is 0. The van der Waals surface area contributed by atoms with Crippen molar-refractivity contribution in [2.75, 3.05) is 18.1 Å². The van der Waals surface area contributed by atoms with Gasteiger partial charge in [0.05, 0.1) is 22.8 Å². The average molecular weight is 466 g/mol. The van der Waals surface area contributed by atoms with E-state index < -0.39 is 17.6 Å². The number of carbonyl (C=O) groups is 1. The predicted molar refractivity (Wildman–Crippen MR) is 120 cm³/mol. The second kappa shape index (κ2) is 9.57. The summed E-state index contributed by atoms with van der Waals surface area (Å²) in [4.78, 5) is 14.3. The van der Waals surface area contributed by atoms with Gasteiger partial charge in [-0.1, -0.05) is 48.8 Å². The Kier molecular flexibility index (Phi) is 7.07. The molecule has 162 valence electrons. The first-order valence-corrected chi connectivity index (χ1v) is 10.4. The first-order valence-electron chi connectivity index (χ1n) is 9.20. The van der Waals surface area contributed by atoms with E-state index in [0.29, 0.717) is 35.2 Å². The van der Waals surface area contributed by atoms with Gasteiger partial charge in [0.25, 0.3) is 5.91 Å². The molecule has 0 spiro atoms. The van der Waals surface area contributed by atoms with E-state index in [1.54, 1.807) is 30.4 Å². The highest BCUT2D eigenvalue weighted by Crippen LogP contribution is 2.39. The van der Waals surface area contributed by atoms with Crippen molar-refractivity contribution in [1.29, 1.82) is 0 Å². The lowest BCUT2D eigenvalue weighted by Crippen LogP contribution is -2.27. The van der Waals surface area contributed by atoms with Crippen molar-refractivity contribution >= 4 is 46.0 Å². The third-order valence-corrected chi connectivity index (χ3v) is 5.45. The van der Waals surface area contributed by atoms with Crippen LogP contribution >= 0.6 is 24.0 Å². The number of benzene rings is 2. The molecule has 0 unspecified atom stereocenters. The molecule has 1 heterocycles. The topological polar surface area (TPSA) is 38.8 Å². The lowest BCUT2D eigenvalue weighted by atomic mass is 10.1. The molecule has 0 atom stereocenters. The average Bonchev–Trinajstić information content (AvgIpc) is 3.00. The zero-order chi connectivity index (χ0) is 22.6. The van der Waals surface area contributed by atoms with Gasteiger partial charge >= 0.3 is 6.18 Å². The first-order chi connectivity index (χ1) is 14.7. The van der Waals surface area contributed by atoms with Crippen LogP contribution in [-0.4, -0.2) is 23.4 Å². The largest absolute Gasteiger partial charge is 0.490 e. The van der Waals surface area contributed by atoms with Gasteiger partial charge in [-0.05, 0) is 48.9 Å². The number of ether oxygens (including phenoxy) is 2. The number of anilines is 1. The Balaban J connectivity index is 1.90. The van der Waals surface area contributed by atoms with E-state index in [2.05, 4.69) is 6.58 Å². The molecule has 4 nitrogen and oxygen atoms in total. The highest BCUT2D eigenvalue weighted by Gasteiger charge is 2.36. The Bertz CT molecular complexity index is 1050. The molecular weight excluding hydrogens is 447 g/mol. The summed E-state index contributed by atoms with van der Waals surface area (Å²) < 4.78 is 50.4. The molecule has 0 bridgehead atoms. The fourth-order valence-corrected chi connectivity index (χ4v) is 4.11. The third kappa shape index (κ3) is 5.29. The van der Waals surface area contributed by atoms with Crippen LogP contribution in [0.15, 0.2) is 60.0 Å². The Morgan fingerprint density at radius 1 is 1.16 bits per heavy atom. The van der Waals surface area contributed by atoms with Crippen LogP contribution in [0.1, 0.15) is 18.1 Å². The number of nitrogens with zero attached hydrogens (tertiary/aromatic N) is 1. The zero-order valence-corrected chi connectivity index (χ0v) is 18.1. The van der Waals surface area contributed by atoms with Crippen molar-refractivity contribution in [1.82, 2.24) is 0 Å². The van der Waals surface area contributed by atoms with Gasteiger partial charge in [0.15, 0.2) is 15.8 Å². The SMILES string of the molecule is C=CCOc1ccc(C=C2SC(=S)N(c3cccc(C(F)(F)F)c3)C2=O)cc1OCC. The molecule has 1 aliphatic heterocycles. The number of alkyl halides is 3. The van der Waals surface area contributed by atoms with E-state index in [0.717, 1.165) is 28.8 Å². The van der Waals surface area contributed by atoms with Crippen LogP contribution < -0.4 is 14.4 Å². The zero-order valence-electron chi connectivity index (χ0n) is 16.4. The number of carbonyl (C=O) groups excluding carboxylic acids is 1. The van der Waals surface area contributed by atoms with E-state index in [4.69, 9.17) is 21.7 Å². The van der Waals surface area contributed by atoms with Gasteiger partial charge in [0.2, 0.25) is 0 Å². The molecular formula is C22H18F3NO3S2. The van der Waals surface area contributed by atoms with Crippen LogP contribution in [0.2, 0.25) is 0 Å².